The normalized spacial score (nSPS) is 16.7. The first-order chi connectivity index (χ1) is 9.16. The highest BCUT2D eigenvalue weighted by Crippen LogP contribution is 2.34. The Morgan fingerprint density at radius 3 is 2.95 bits per heavy atom. The van der Waals surface area contributed by atoms with Gasteiger partial charge in [0.2, 0.25) is 5.91 Å². The lowest BCUT2D eigenvalue weighted by molar-refractivity contribution is -0.121. The molecule has 5 nitrogen and oxygen atoms in total. The first-order valence-corrected chi connectivity index (χ1v) is 6.43. The molecule has 0 unspecified atom stereocenters. The zero-order chi connectivity index (χ0) is 13.7. The van der Waals surface area contributed by atoms with Crippen LogP contribution in [0.2, 0.25) is 0 Å². The van der Waals surface area contributed by atoms with Crippen molar-refractivity contribution in [3.05, 3.63) is 35.4 Å². The van der Waals surface area contributed by atoms with Gasteiger partial charge in [0, 0.05) is 6.42 Å². The molecule has 1 aliphatic carbocycles. The van der Waals surface area contributed by atoms with E-state index in [1.54, 1.807) is 0 Å². The Hall–Kier alpha value is -2.04. The van der Waals surface area contributed by atoms with Gasteiger partial charge in [-0.15, -0.1) is 0 Å². The van der Waals surface area contributed by atoms with Crippen molar-refractivity contribution in [2.45, 2.75) is 25.2 Å². The van der Waals surface area contributed by atoms with Crippen LogP contribution in [0.5, 0.6) is 0 Å². The average Bonchev–Trinajstić information content (AvgIpc) is 2.78. The van der Waals surface area contributed by atoms with Gasteiger partial charge in [-0.05, 0) is 29.9 Å². The van der Waals surface area contributed by atoms with Crippen LogP contribution in [0.15, 0.2) is 24.3 Å². The molecule has 2 amide bonds. The molecular formula is C14H18N2O3. The monoisotopic (exact) mass is 262 g/mol. The largest absolute Gasteiger partial charge is 0.448 e. The molecule has 0 spiro atoms. The molecule has 0 bridgehead atoms. The Morgan fingerprint density at radius 2 is 2.16 bits per heavy atom. The van der Waals surface area contributed by atoms with E-state index >= 15 is 0 Å². The minimum absolute atomic E-state index is 0.0187. The average molecular weight is 262 g/mol. The van der Waals surface area contributed by atoms with Crippen molar-refractivity contribution >= 4 is 12.0 Å². The second kappa shape index (κ2) is 6.22. The van der Waals surface area contributed by atoms with Gasteiger partial charge in [-0.1, -0.05) is 24.3 Å². The van der Waals surface area contributed by atoms with Crippen LogP contribution in [0.4, 0.5) is 4.79 Å². The second-order valence-corrected chi connectivity index (χ2v) is 4.66. The fraction of sp³-hybridized carbons (Fsp3) is 0.429. The predicted octanol–water partition coefficient (Wildman–Crippen LogP) is 1.32. The van der Waals surface area contributed by atoms with Crippen LogP contribution in [0.25, 0.3) is 0 Å². The molecular weight excluding hydrogens is 244 g/mol. The zero-order valence-corrected chi connectivity index (χ0v) is 10.7. The molecule has 0 radical (unpaired) electrons. The van der Waals surface area contributed by atoms with E-state index in [4.69, 9.17) is 5.73 Å². The second-order valence-electron chi connectivity index (χ2n) is 4.66. The third-order valence-electron chi connectivity index (χ3n) is 3.36. The molecule has 0 saturated heterocycles. The van der Waals surface area contributed by atoms with Crippen LogP contribution >= 0.6 is 0 Å². The number of hydrogen-bond donors (Lipinski definition) is 2. The number of aryl methyl sites for hydroxylation is 1. The summed E-state index contributed by atoms with van der Waals surface area (Å²) in [6.07, 6.45) is 1.72. The molecule has 1 aromatic carbocycles. The fourth-order valence-corrected chi connectivity index (χ4v) is 2.50. The summed E-state index contributed by atoms with van der Waals surface area (Å²) in [5.74, 6) is 0.281. The topological polar surface area (TPSA) is 81.4 Å². The Kier molecular flexibility index (Phi) is 4.39. The van der Waals surface area contributed by atoms with Crippen LogP contribution in [0.1, 0.15) is 29.9 Å². The molecule has 5 heteroatoms. The molecule has 0 aliphatic heterocycles. The van der Waals surface area contributed by atoms with E-state index in [-0.39, 0.29) is 12.5 Å². The van der Waals surface area contributed by atoms with E-state index < -0.39 is 6.09 Å². The zero-order valence-electron chi connectivity index (χ0n) is 10.7. The lowest BCUT2D eigenvalue weighted by Gasteiger charge is -2.11. The number of nitrogens with two attached hydrogens (primary N) is 1. The first-order valence-electron chi connectivity index (χ1n) is 6.43. The Bertz CT molecular complexity index is 474. The van der Waals surface area contributed by atoms with Crippen LogP contribution < -0.4 is 11.1 Å². The highest BCUT2D eigenvalue weighted by molar-refractivity contribution is 5.77. The lowest BCUT2D eigenvalue weighted by Crippen LogP contribution is -2.29. The SMILES string of the molecule is NC(=O)OCCNC(=O)C[C@@H]1CCc2ccccc21. The molecule has 2 rings (SSSR count). The van der Waals surface area contributed by atoms with Crippen molar-refractivity contribution in [2.24, 2.45) is 5.73 Å². The Morgan fingerprint density at radius 1 is 1.37 bits per heavy atom. The molecule has 102 valence electrons. The highest BCUT2D eigenvalue weighted by Gasteiger charge is 2.23. The summed E-state index contributed by atoms with van der Waals surface area (Å²) in [5, 5.41) is 2.72. The van der Waals surface area contributed by atoms with Crippen LogP contribution in [0, 0.1) is 0 Å². The van der Waals surface area contributed by atoms with Crippen molar-refractivity contribution in [3.63, 3.8) is 0 Å². The van der Waals surface area contributed by atoms with E-state index in [0.717, 1.165) is 12.8 Å². The van der Waals surface area contributed by atoms with Gasteiger partial charge in [-0.3, -0.25) is 4.79 Å². The van der Waals surface area contributed by atoms with Gasteiger partial charge >= 0.3 is 6.09 Å². The van der Waals surface area contributed by atoms with Gasteiger partial charge in [-0.2, -0.15) is 0 Å². The molecule has 1 aromatic rings. The predicted molar refractivity (Wildman–Crippen MR) is 70.7 cm³/mol. The third-order valence-corrected chi connectivity index (χ3v) is 3.36. The Balaban J connectivity index is 1.76. The standard InChI is InChI=1S/C14H18N2O3/c15-14(18)19-8-7-16-13(17)9-11-6-5-10-3-1-2-4-12(10)11/h1-4,11H,5-9H2,(H2,15,18)(H,16,17)/t11-/m0/s1. The molecule has 0 aromatic heterocycles. The number of fused-ring (bicyclic) bond motifs is 1. The van der Waals surface area contributed by atoms with E-state index in [1.807, 2.05) is 12.1 Å². The quantitative estimate of drug-likeness (QED) is 0.785. The first kappa shape index (κ1) is 13.4. The maximum absolute atomic E-state index is 11.8. The maximum atomic E-state index is 11.8. The van der Waals surface area contributed by atoms with Gasteiger partial charge in [-0.25, -0.2) is 4.79 Å². The van der Waals surface area contributed by atoms with E-state index in [2.05, 4.69) is 22.2 Å². The molecule has 0 fully saturated rings. The number of nitrogens with one attached hydrogen (secondary N) is 1. The summed E-state index contributed by atoms with van der Waals surface area (Å²) >= 11 is 0. The summed E-state index contributed by atoms with van der Waals surface area (Å²) in [4.78, 5) is 22.1. The van der Waals surface area contributed by atoms with E-state index in [0.29, 0.717) is 18.9 Å². The van der Waals surface area contributed by atoms with Gasteiger partial charge in [0.1, 0.15) is 6.61 Å². The lowest BCUT2D eigenvalue weighted by atomic mass is 9.97. The van der Waals surface area contributed by atoms with Crippen LogP contribution in [-0.4, -0.2) is 25.2 Å². The van der Waals surface area contributed by atoms with Crippen molar-refractivity contribution in [2.75, 3.05) is 13.2 Å². The molecule has 19 heavy (non-hydrogen) atoms. The molecule has 3 N–H and O–H groups in total. The van der Waals surface area contributed by atoms with Gasteiger partial charge in [0.05, 0.1) is 6.54 Å². The minimum Gasteiger partial charge on any atom is -0.448 e. The van der Waals surface area contributed by atoms with Crippen molar-refractivity contribution in [1.29, 1.82) is 0 Å². The van der Waals surface area contributed by atoms with Crippen molar-refractivity contribution < 1.29 is 14.3 Å². The van der Waals surface area contributed by atoms with E-state index in [9.17, 15) is 9.59 Å². The molecule has 0 heterocycles. The number of primary amides is 1. The van der Waals surface area contributed by atoms with Gasteiger partial charge in [0.15, 0.2) is 0 Å². The summed E-state index contributed by atoms with van der Waals surface area (Å²) < 4.78 is 4.54. The van der Waals surface area contributed by atoms with Crippen molar-refractivity contribution in [1.82, 2.24) is 5.32 Å². The van der Waals surface area contributed by atoms with Crippen molar-refractivity contribution in [3.8, 4) is 0 Å². The number of benzene rings is 1. The summed E-state index contributed by atoms with van der Waals surface area (Å²) in [5.41, 5.74) is 7.45. The number of rotatable bonds is 5. The van der Waals surface area contributed by atoms with Crippen LogP contribution in [-0.2, 0) is 16.0 Å². The highest BCUT2D eigenvalue weighted by atomic mass is 16.5. The maximum Gasteiger partial charge on any atom is 0.404 e. The Labute approximate surface area is 112 Å². The number of hydrogen-bond acceptors (Lipinski definition) is 3. The smallest absolute Gasteiger partial charge is 0.404 e. The summed E-state index contributed by atoms with van der Waals surface area (Å²) in [6.45, 7) is 0.415. The molecule has 1 aliphatic rings. The number of carbonyl (C=O) groups is 2. The number of amides is 2. The van der Waals surface area contributed by atoms with E-state index in [1.165, 1.54) is 11.1 Å². The summed E-state index contributed by atoms with van der Waals surface area (Å²) in [7, 11) is 0. The fourth-order valence-electron chi connectivity index (χ4n) is 2.50. The number of carbonyl (C=O) groups excluding carboxylic acids is 2. The molecule has 1 atom stereocenters. The summed E-state index contributed by atoms with van der Waals surface area (Å²) in [6, 6.07) is 8.25. The molecule has 0 saturated carbocycles. The van der Waals surface area contributed by atoms with Crippen LogP contribution in [0.3, 0.4) is 0 Å². The minimum atomic E-state index is -0.820. The number of ether oxygens (including phenoxy) is 1. The van der Waals surface area contributed by atoms with Gasteiger partial charge < -0.3 is 15.8 Å². The van der Waals surface area contributed by atoms with Gasteiger partial charge in [0.25, 0.3) is 0 Å². The third kappa shape index (κ3) is 3.71.